The topological polar surface area (TPSA) is 38.1 Å². The maximum absolute atomic E-state index is 4.52. The molecule has 0 radical (unpaired) electrons. The van der Waals surface area contributed by atoms with Crippen LogP contribution in [-0.4, -0.2) is 16.7 Å². The molecular weight excluding hydrogens is 222 g/mol. The number of nitrogens with zero attached hydrogens (tertiary/aromatic N) is 3. The van der Waals surface area contributed by atoms with E-state index in [2.05, 4.69) is 28.3 Å². The van der Waals surface area contributed by atoms with Crippen LogP contribution in [0, 0.1) is 0 Å². The van der Waals surface area contributed by atoms with Crippen LogP contribution in [0.3, 0.4) is 0 Å². The fourth-order valence-electron chi connectivity index (χ4n) is 1.57. The van der Waals surface area contributed by atoms with Crippen molar-refractivity contribution in [1.82, 2.24) is 9.97 Å². The summed E-state index contributed by atoms with van der Waals surface area (Å²) in [6, 6.07) is 11.5. The van der Waals surface area contributed by atoms with E-state index in [0.29, 0.717) is 5.70 Å². The molecule has 0 aliphatic heterocycles. The molecule has 0 atom stereocenters. The summed E-state index contributed by atoms with van der Waals surface area (Å²) in [4.78, 5) is 12.7. The Balaban J connectivity index is 2.45. The van der Waals surface area contributed by atoms with Gasteiger partial charge in [0.25, 0.3) is 0 Å². The summed E-state index contributed by atoms with van der Waals surface area (Å²) >= 11 is 0. The summed E-state index contributed by atoms with van der Waals surface area (Å²) in [5.74, 6) is 0. The van der Waals surface area contributed by atoms with Crippen LogP contribution in [0.1, 0.15) is 5.69 Å². The number of rotatable bonds is 4. The third kappa shape index (κ3) is 2.58. The zero-order valence-electron chi connectivity index (χ0n) is 9.95. The number of hydrogen-bond donors (Lipinski definition) is 0. The monoisotopic (exact) mass is 235 g/mol. The van der Waals surface area contributed by atoms with Crippen molar-refractivity contribution in [3.63, 3.8) is 0 Å². The molecule has 0 fully saturated rings. The smallest absolute Gasteiger partial charge is 0.0894 e. The van der Waals surface area contributed by atoms with Gasteiger partial charge in [-0.15, -0.1) is 0 Å². The van der Waals surface area contributed by atoms with Gasteiger partial charge in [0.1, 0.15) is 0 Å². The van der Waals surface area contributed by atoms with Gasteiger partial charge in [-0.25, -0.2) is 4.98 Å². The SMILES string of the molecule is C=C/C=C(\N=C)c1cccc(-c2ccccn2)n1. The first-order valence-corrected chi connectivity index (χ1v) is 5.53. The molecule has 0 aromatic carbocycles. The van der Waals surface area contributed by atoms with Gasteiger partial charge in [0, 0.05) is 6.20 Å². The van der Waals surface area contributed by atoms with Crippen LogP contribution >= 0.6 is 0 Å². The van der Waals surface area contributed by atoms with Crippen molar-refractivity contribution in [2.75, 3.05) is 0 Å². The summed E-state index contributed by atoms with van der Waals surface area (Å²) < 4.78 is 0. The first-order valence-electron chi connectivity index (χ1n) is 5.53. The summed E-state index contributed by atoms with van der Waals surface area (Å²) in [7, 11) is 0. The predicted molar refractivity (Wildman–Crippen MR) is 75.2 cm³/mol. The predicted octanol–water partition coefficient (Wildman–Crippen LogP) is 3.37. The molecule has 2 rings (SSSR count). The Labute approximate surface area is 106 Å². The van der Waals surface area contributed by atoms with Crippen LogP contribution < -0.4 is 0 Å². The van der Waals surface area contributed by atoms with Crippen molar-refractivity contribution < 1.29 is 0 Å². The molecule has 2 aromatic heterocycles. The van der Waals surface area contributed by atoms with E-state index >= 15 is 0 Å². The van der Waals surface area contributed by atoms with E-state index < -0.39 is 0 Å². The fourth-order valence-corrected chi connectivity index (χ4v) is 1.57. The average Bonchev–Trinajstić information content (AvgIpc) is 2.46. The van der Waals surface area contributed by atoms with Crippen molar-refractivity contribution in [2.24, 2.45) is 4.99 Å². The lowest BCUT2D eigenvalue weighted by molar-refractivity contribution is 1.21. The lowest BCUT2D eigenvalue weighted by Gasteiger charge is -2.03. The Morgan fingerprint density at radius 2 is 1.94 bits per heavy atom. The molecule has 3 heteroatoms. The molecule has 18 heavy (non-hydrogen) atoms. The van der Waals surface area contributed by atoms with Crippen molar-refractivity contribution >= 4 is 12.4 Å². The second-order valence-electron chi connectivity index (χ2n) is 3.57. The number of aromatic nitrogens is 2. The zero-order chi connectivity index (χ0) is 12.8. The molecule has 2 aromatic rings. The molecule has 0 saturated heterocycles. The maximum atomic E-state index is 4.52. The third-order valence-corrected chi connectivity index (χ3v) is 2.38. The minimum absolute atomic E-state index is 0.697. The Kier molecular flexibility index (Phi) is 3.76. The van der Waals surface area contributed by atoms with E-state index in [-0.39, 0.29) is 0 Å². The highest BCUT2D eigenvalue weighted by atomic mass is 14.8. The first kappa shape index (κ1) is 11.9. The highest BCUT2D eigenvalue weighted by molar-refractivity contribution is 5.68. The largest absolute Gasteiger partial charge is 0.262 e. The molecule has 0 bridgehead atoms. The lowest BCUT2D eigenvalue weighted by atomic mass is 10.2. The quantitative estimate of drug-likeness (QED) is 0.602. The normalized spacial score (nSPS) is 11.0. The molecule has 0 saturated carbocycles. The lowest BCUT2D eigenvalue weighted by Crippen LogP contribution is -1.91. The second-order valence-corrected chi connectivity index (χ2v) is 3.57. The molecular formula is C15H13N3. The summed E-state index contributed by atoms with van der Waals surface area (Å²) in [6.07, 6.45) is 5.19. The zero-order valence-corrected chi connectivity index (χ0v) is 9.95. The molecule has 0 unspecified atom stereocenters. The molecule has 0 spiro atoms. The minimum Gasteiger partial charge on any atom is -0.262 e. The number of allylic oxidation sites excluding steroid dienone is 2. The molecule has 88 valence electrons. The molecule has 3 nitrogen and oxygen atoms in total. The van der Waals surface area contributed by atoms with Crippen LogP contribution in [-0.2, 0) is 0 Å². The van der Waals surface area contributed by atoms with Crippen molar-refractivity contribution in [2.45, 2.75) is 0 Å². The van der Waals surface area contributed by atoms with Crippen molar-refractivity contribution in [1.29, 1.82) is 0 Å². The van der Waals surface area contributed by atoms with Crippen LogP contribution in [0.2, 0.25) is 0 Å². The number of aliphatic imine (C=N–C) groups is 1. The summed E-state index contributed by atoms with van der Waals surface area (Å²) in [5.41, 5.74) is 3.10. The van der Waals surface area contributed by atoms with E-state index in [1.807, 2.05) is 36.4 Å². The minimum atomic E-state index is 0.697. The van der Waals surface area contributed by atoms with E-state index in [1.54, 1.807) is 18.3 Å². The van der Waals surface area contributed by atoms with Gasteiger partial charge in [-0.1, -0.05) is 24.8 Å². The van der Waals surface area contributed by atoms with E-state index in [4.69, 9.17) is 0 Å². The van der Waals surface area contributed by atoms with Crippen LogP contribution in [0.4, 0.5) is 0 Å². The van der Waals surface area contributed by atoms with Crippen molar-refractivity contribution in [3.8, 4) is 11.4 Å². The van der Waals surface area contributed by atoms with Gasteiger partial charge < -0.3 is 0 Å². The van der Waals surface area contributed by atoms with E-state index in [9.17, 15) is 0 Å². The molecule has 0 aliphatic carbocycles. The summed E-state index contributed by atoms with van der Waals surface area (Å²) in [5, 5.41) is 0. The Morgan fingerprint density at radius 3 is 2.61 bits per heavy atom. The first-order chi connectivity index (χ1) is 8.85. The fraction of sp³-hybridized carbons (Fsp3) is 0. The van der Waals surface area contributed by atoms with Gasteiger partial charge >= 0.3 is 0 Å². The molecule has 0 aliphatic rings. The maximum Gasteiger partial charge on any atom is 0.0894 e. The van der Waals surface area contributed by atoms with Gasteiger partial charge in [0.05, 0.1) is 22.8 Å². The average molecular weight is 235 g/mol. The number of pyridine rings is 2. The van der Waals surface area contributed by atoms with E-state index in [0.717, 1.165) is 17.1 Å². The molecule has 0 amide bonds. The van der Waals surface area contributed by atoms with Gasteiger partial charge in [0.2, 0.25) is 0 Å². The van der Waals surface area contributed by atoms with E-state index in [1.165, 1.54) is 0 Å². The second kappa shape index (κ2) is 5.68. The van der Waals surface area contributed by atoms with Crippen LogP contribution in [0.25, 0.3) is 17.1 Å². The highest BCUT2D eigenvalue weighted by Crippen LogP contribution is 2.18. The van der Waals surface area contributed by atoms with Crippen LogP contribution in [0.15, 0.2) is 66.3 Å². The standard InChI is InChI=1S/C15H13N3/c1-3-7-12(16-2)14-9-6-10-15(18-14)13-8-4-5-11-17-13/h3-11H,1-2H2/b12-7-. The summed E-state index contributed by atoms with van der Waals surface area (Å²) in [6.45, 7) is 7.19. The highest BCUT2D eigenvalue weighted by Gasteiger charge is 2.04. The van der Waals surface area contributed by atoms with Gasteiger partial charge in [-0.3, -0.25) is 9.98 Å². The molecule has 0 N–H and O–H groups in total. The van der Waals surface area contributed by atoms with Gasteiger partial charge in [-0.05, 0) is 37.1 Å². The Morgan fingerprint density at radius 1 is 1.11 bits per heavy atom. The number of hydrogen-bond acceptors (Lipinski definition) is 3. The molecule has 2 heterocycles. The Hall–Kier alpha value is -2.55. The Bertz CT molecular complexity index is 586. The van der Waals surface area contributed by atoms with Crippen LogP contribution in [0.5, 0.6) is 0 Å². The third-order valence-electron chi connectivity index (χ3n) is 2.38. The van der Waals surface area contributed by atoms with Crippen molar-refractivity contribution in [3.05, 3.63) is 67.0 Å². The van der Waals surface area contributed by atoms with Gasteiger partial charge in [0.15, 0.2) is 0 Å². The van der Waals surface area contributed by atoms with Gasteiger partial charge in [-0.2, -0.15) is 0 Å².